The number of benzene rings is 3. The van der Waals surface area contributed by atoms with Gasteiger partial charge < -0.3 is 0 Å². The van der Waals surface area contributed by atoms with Crippen LogP contribution >= 0.6 is 31.9 Å². The smallest absolute Gasteiger partial charge is 0.0300 e. The molecule has 0 aliphatic rings. The van der Waals surface area contributed by atoms with Crippen LogP contribution in [-0.2, 0) is 0 Å². The molecule has 104 valence electrons. The highest BCUT2D eigenvalue weighted by Crippen LogP contribution is 2.41. The van der Waals surface area contributed by atoms with Crippen LogP contribution in [0.3, 0.4) is 0 Å². The summed E-state index contributed by atoms with van der Waals surface area (Å²) in [6.45, 7) is 2.16. The first-order chi connectivity index (χ1) is 10.2. The predicted octanol–water partition coefficient (Wildman–Crippen LogP) is 6.85. The molecule has 0 bridgehead atoms. The van der Waals surface area contributed by atoms with Gasteiger partial charge in [0.1, 0.15) is 0 Å². The van der Waals surface area contributed by atoms with Gasteiger partial charge in [0.2, 0.25) is 0 Å². The van der Waals surface area contributed by atoms with Crippen LogP contribution < -0.4 is 0 Å². The third kappa shape index (κ3) is 2.83. The zero-order valence-electron chi connectivity index (χ0n) is 11.6. The van der Waals surface area contributed by atoms with E-state index in [2.05, 4.69) is 93.4 Å². The fourth-order valence-corrected chi connectivity index (χ4v) is 4.08. The molecule has 0 saturated carbocycles. The van der Waals surface area contributed by atoms with E-state index in [9.17, 15) is 0 Å². The molecule has 0 heterocycles. The molecule has 0 atom stereocenters. The number of rotatable bonds is 2. The molecule has 3 rings (SSSR count). The van der Waals surface area contributed by atoms with Crippen LogP contribution in [0.25, 0.3) is 22.3 Å². The topological polar surface area (TPSA) is 0 Å². The van der Waals surface area contributed by atoms with Crippen molar-refractivity contribution >= 4 is 31.9 Å². The number of hydrogen-bond donors (Lipinski definition) is 0. The van der Waals surface area contributed by atoms with Crippen LogP contribution in [0.5, 0.6) is 0 Å². The third-order valence-corrected chi connectivity index (χ3v) is 5.23. The lowest BCUT2D eigenvalue weighted by molar-refractivity contribution is 1.40. The van der Waals surface area contributed by atoms with Gasteiger partial charge in [-0.2, -0.15) is 0 Å². The van der Waals surface area contributed by atoms with Crippen molar-refractivity contribution in [2.45, 2.75) is 6.92 Å². The molecule has 3 aromatic carbocycles. The van der Waals surface area contributed by atoms with Crippen molar-refractivity contribution in [1.29, 1.82) is 0 Å². The fraction of sp³-hybridized carbons (Fsp3) is 0.0526. The largest absolute Gasteiger partial charge is 0.0622 e. The lowest BCUT2D eigenvalue weighted by atomic mass is 9.96. The number of hydrogen-bond acceptors (Lipinski definition) is 0. The van der Waals surface area contributed by atoms with E-state index in [1.165, 1.54) is 27.8 Å². The Hall–Kier alpha value is -1.38. The fourth-order valence-electron chi connectivity index (χ4n) is 2.50. The Bertz CT molecular complexity index is 763. The van der Waals surface area contributed by atoms with Crippen LogP contribution in [0, 0.1) is 6.92 Å². The maximum Gasteiger partial charge on any atom is 0.0300 e. The Balaban J connectivity index is 2.22. The maximum absolute atomic E-state index is 3.79. The van der Waals surface area contributed by atoms with Gasteiger partial charge in [-0.05, 0) is 51.2 Å². The van der Waals surface area contributed by atoms with Gasteiger partial charge in [0, 0.05) is 14.5 Å². The zero-order chi connectivity index (χ0) is 14.8. The summed E-state index contributed by atoms with van der Waals surface area (Å²) in [7, 11) is 0. The second-order valence-electron chi connectivity index (χ2n) is 4.95. The predicted molar refractivity (Wildman–Crippen MR) is 97.5 cm³/mol. The van der Waals surface area contributed by atoms with Gasteiger partial charge in [-0.3, -0.25) is 0 Å². The van der Waals surface area contributed by atoms with E-state index in [-0.39, 0.29) is 0 Å². The highest BCUT2D eigenvalue weighted by Gasteiger charge is 2.14. The quantitative estimate of drug-likeness (QED) is 0.440. The molecule has 0 fully saturated rings. The van der Waals surface area contributed by atoms with E-state index in [4.69, 9.17) is 0 Å². The van der Waals surface area contributed by atoms with Crippen molar-refractivity contribution in [3.05, 3.63) is 81.2 Å². The molecule has 0 nitrogen and oxygen atoms in total. The van der Waals surface area contributed by atoms with E-state index in [1.807, 2.05) is 12.1 Å². The molecule has 0 aromatic heterocycles. The Labute approximate surface area is 142 Å². The SMILES string of the molecule is Cc1c(-c2ccccc2)cc(Br)c(-c2ccccc2)c1Br. The third-order valence-electron chi connectivity index (χ3n) is 3.61. The zero-order valence-corrected chi connectivity index (χ0v) is 14.8. The van der Waals surface area contributed by atoms with E-state index < -0.39 is 0 Å². The Morgan fingerprint density at radius 2 is 1.24 bits per heavy atom. The van der Waals surface area contributed by atoms with Gasteiger partial charge in [0.15, 0.2) is 0 Å². The van der Waals surface area contributed by atoms with E-state index in [1.54, 1.807) is 0 Å². The average molecular weight is 402 g/mol. The minimum atomic E-state index is 1.10. The molecule has 21 heavy (non-hydrogen) atoms. The van der Waals surface area contributed by atoms with Gasteiger partial charge in [-0.15, -0.1) is 0 Å². The van der Waals surface area contributed by atoms with Crippen LogP contribution in [0.4, 0.5) is 0 Å². The standard InChI is InChI=1S/C19H14Br2/c1-13-16(14-8-4-2-5-9-14)12-17(20)18(19(13)21)15-10-6-3-7-11-15/h2-12H,1H3. The van der Waals surface area contributed by atoms with Crippen LogP contribution in [0.15, 0.2) is 75.7 Å². The first-order valence-corrected chi connectivity index (χ1v) is 8.36. The van der Waals surface area contributed by atoms with Crippen molar-refractivity contribution in [3.8, 4) is 22.3 Å². The average Bonchev–Trinajstić information content (AvgIpc) is 2.53. The van der Waals surface area contributed by atoms with Gasteiger partial charge >= 0.3 is 0 Å². The van der Waals surface area contributed by atoms with Gasteiger partial charge in [-0.25, -0.2) is 0 Å². The lowest BCUT2D eigenvalue weighted by Gasteiger charge is -2.15. The van der Waals surface area contributed by atoms with Crippen molar-refractivity contribution in [2.75, 3.05) is 0 Å². The minimum absolute atomic E-state index is 1.10. The minimum Gasteiger partial charge on any atom is -0.0622 e. The Kier molecular flexibility index (Phi) is 4.27. The van der Waals surface area contributed by atoms with Crippen molar-refractivity contribution < 1.29 is 0 Å². The first-order valence-electron chi connectivity index (χ1n) is 6.78. The Morgan fingerprint density at radius 3 is 1.81 bits per heavy atom. The van der Waals surface area contributed by atoms with E-state index >= 15 is 0 Å². The monoisotopic (exact) mass is 400 g/mol. The molecular weight excluding hydrogens is 388 g/mol. The molecule has 0 aliphatic heterocycles. The molecule has 0 radical (unpaired) electrons. The summed E-state index contributed by atoms with van der Waals surface area (Å²) < 4.78 is 2.24. The molecule has 0 amide bonds. The summed E-state index contributed by atoms with van der Waals surface area (Å²) in [6, 6.07) is 23.1. The highest BCUT2D eigenvalue weighted by molar-refractivity contribution is 9.11. The molecular formula is C19H14Br2. The molecule has 0 spiro atoms. The summed E-state index contributed by atoms with van der Waals surface area (Å²) in [5.41, 5.74) is 6.14. The summed E-state index contributed by atoms with van der Waals surface area (Å²) in [4.78, 5) is 0. The van der Waals surface area contributed by atoms with Crippen molar-refractivity contribution in [1.82, 2.24) is 0 Å². The molecule has 0 aliphatic carbocycles. The van der Waals surface area contributed by atoms with Crippen LogP contribution in [0.2, 0.25) is 0 Å². The normalized spacial score (nSPS) is 10.6. The second-order valence-corrected chi connectivity index (χ2v) is 6.60. The van der Waals surface area contributed by atoms with Crippen LogP contribution in [0.1, 0.15) is 5.56 Å². The molecule has 0 saturated heterocycles. The van der Waals surface area contributed by atoms with E-state index in [0.29, 0.717) is 0 Å². The molecule has 2 heteroatoms. The van der Waals surface area contributed by atoms with E-state index in [0.717, 1.165) is 8.95 Å². The van der Waals surface area contributed by atoms with Crippen molar-refractivity contribution in [3.63, 3.8) is 0 Å². The van der Waals surface area contributed by atoms with Gasteiger partial charge in [0.05, 0.1) is 0 Å². The highest BCUT2D eigenvalue weighted by atomic mass is 79.9. The summed E-state index contributed by atoms with van der Waals surface area (Å²) in [5, 5.41) is 0. The van der Waals surface area contributed by atoms with Gasteiger partial charge in [0.25, 0.3) is 0 Å². The van der Waals surface area contributed by atoms with Crippen LogP contribution in [-0.4, -0.2) is 0 Å². The first kappa shape index (κ1) is 14.6. The maximum atomic E-state index is 3.79. The lowest BCUT2D eigenvalue weighted by Crippen LogP contribution is -1.90. The van der Waals surface area contributed by atoms with Crippen molar-refractivity contribution in [2.24, 2.45) is 0 Å². The summed E-state index contributed by atoms with van der Waals surface area (Å²) >= 11 is 7.52. The molecule has 0 N–H and O–H groups in total. The molecule has 0 unspecified atom stereocenters. The van der Waals surface area contributed by atoms with Gasteiger partial charge in [-0.1, -0.05) is 76.6 Å². The summed E-state index contributed by atoms with van der Waals surface area (Å²) in [6.07, 6.45) is 0. The second kappa shape index (κ2) is 6.17. The summed E-state index contributed by atoms with van der Waals surface area (Å²) in [5.74, 6) is 0. The molecule has 3 aromatic rings. The number of halogens is 2. The Morgan fingerprint density at radius 1 is 0.714 bits per heavy atom.